The number of nitrogens with two attached hydrogens (primary N) is 1. The first-order valence-corrected chi connectivity index (χ1v) is 7.30. The third kappa shape index (κ3) is 2.43. The van der Waals surface area contributed by atoms with Gasteiger partial charge in [-0.1, -0.05) is 0 Å². The molecule has 0 bridgehead atoms. The molecule has 2 atom stereocenters. The molecule has 2 aromatic rings. The van der Waals surface area contributed by atoms with Crippen LogP contribution < -0.4 is 10.6 Å². The van der Waals surface area contributed by atoms with Crippen LogP contribution in [0.2, 0.25) is 0 Å². The Morgan fingerprint density at radius 1 is 1.47 bits per heavy atom. The fourth-order valence-corrected chi connectivity index (χ4v) is 3.41. The minimum atomic E-state index is 0.0773. The Morgan fingerprint density at radius 2 is 2.32 bits per heavy atom. The third-order valence-corrected chi connectivity index (χ3v) is 4.28. The van der Waals surface area contributed by atoms with Gasteiger partial charge in [-0.25, -0.2) is 9.97 Å². The molecule has 0 radical (unpaired) electrons. The van der Waals surface area contributed by atoms with Gasteiger partial charge in [0.25, 0.3) is 0 Å². The molecule has 0 spiro atoms. The maximum Gasteiger partial charge on any atom is 0.140 e. The highest BCUT2D eigenvalue weighted by atomic mass is 32.1. The fraction of sp³-hybridized carbons (Fsp3) is 0.538. The number of hydrogen-bond donors (Lipinski definition) is 1. The quantitative estimate of drug-likeness (QED) is 0.903. The number of nitrogens with zero attached hydrogens (tertiary/aromatic N) is 3. The zero-order valence-electron chi connectivity index (χ0n) is 11.2. The van der Waals surface area contributed by atoms with E-state index in [1.54, 1.807) is 17.7 Å². The molecule has 1 aliphatic rings. The highest BCUT2D eigenvalue weighted by Gasteiger charge is 2.26. The van der Waals surface area contributed by atoms with Crippen molar-refractivity contribution in [3.05, 3.63) is 17.3 Å². The zero-order chi connectivity index (χ0) is 13.4. The number of anilines is 1. The van der Waals surface area contributed by atoms with Crippen LogP contribution in [0.25, 0.3) is 10.2 Å². The van der Waals surface area contributed by atoms with Crippen molar-refractivity contribution in [1.29, 1.82) is 0 Å². The highest BCUT2D eigenvalue weighted by Crippen LogP contribution is 2.31. The topological polar surface area (TPSA) is 64.3 Å². The summed E-state index contributed by atoms with van der Waals surface area (Å²) in [6.07, 6.45) is 1.89. The van der Waals surface area contributed by atoms with Crippen LogP contribution in [0.1, 0.15) is 11.8 Å². The van der Waals surface area contributed by atoms with Crippen LogP contribution in [-0.4, -0.2) is 41.8 Å². The summed E-state index contributed by atoms with van der Waals surface area (Å²) in [5.41, 5.74) is 5.74. The molecule has 0 saturated carbocycles. The van der Waals surface area contributed by atoms with Crippen LogP contribution in [0.3, 0.4) is 0 Å². The normalized spacial score (nSPS) is 24.1. The smallest absolute Gasteiger partial charge is 0.140 e. The van der Waals surface area contributed by atoms with E-state index >= 15 is 0 Å². The Bertz CT molecular complexity index is 585. The Kier molecular flexibility index (Phi) is 3.38. The Hall–Kier alpha value is -1.24. The van der Waals surface area contributed by atoms with Gasteiger partial charge in [-0.05, 0) is 19.9 Å². The molecule has 2 unspecified atom stereocenters. The van der Waals surface area contributed by atoms with Gasteiger partial charge >= 0.3 is 0 Å². The molecular formula is C13H18N4OS. The lowest BCUT2D eigenvalue weighted by Gasteiger charge is -2.37. The summed E-state index contributed by atoms with van der Waals surface area (Å²) in [5.74, 6) is 1.00. The minimum Gasteiger partial charge on any atom is -0.370 e. The van der Waals surface area contributed by atoms with Crippen molar-refractivity contribution >= 4 is 27.4 Å². The van der Waals surface area contributed by atoms with E-state index in [1.807, 2.05) is 0 Å². The van der Waals surface area contributed by atoms with Crippen molar-refractivity contribution in [1.82, 2.24) is 9.97 Å². The predicted octanol–water partition coefficient (Wildman–Crippen LogP) is 1.55. The van der Waals surface area contributed by atoms with Crippen molar-refractivity contribution in [2.45, 2.75) is 26.1 Å². The molecule has 102 valence electrons. The van der Waals surface area contributed by atoms with E-state index in [-0.39, 0.29) is 12.2 Å². The van der Waals surface area contributed by atoms with Crippen LogP contribution in [0, 0.1) is 6.92 Å². The molecule has 0 amide bonds. The summed E-state index contributed by atoms with van der Waals surface area (Å²) >= 11 is 1.70. The first-order valence-electron chi connectivity index (χ1n) is 6.49. The Labute approximate surface area is 116 Å². The summed E-state index contributed by atoms with van der Waals surface area (Å²) < 4.78 is 5.80. The number of thiophene rings is 1. The SMILES string of the molecule is Cc1cc2c(N3CC(C)OC(CN)C3)ncnc2s1. The van der Waals surface area contributed by atoms with E-state index in [0.717, 1.165) is 29.1 Å². The monoisotopic (exact) mass is 278 g/mol. The van der Waals surface area contributed by atoms with E-state index in [2.05, 4.69) is 34.8 Å². The molecule has 3 rings (SSSR count). The summed E-state index contributed by atoms with van der Waals surface area (Å²) in [5, 5.41) is 1.13. The molecule has 2 aromatic heterocycles. The third-order valence-electron chi connectivity index (χ3n) is 3.32. The van der Waals surface area contributed by atoms with Gasteiger partial charge in [-0.3, -0.25) is 0 Å². The lowest BCUT2D eigenvalue weighted by atomic mass is 10.2. The van der Waals surface area contributed by atoms with E-state index in [1.165, 1.54) is 4.88 Å². The molecule has 6 heteroatoms. The number of fused-ring (bicyclic) bond motifs is 1. The largest absolute Gasteiger partial charge is 0.370 e. The van der Waals surface area contributed by atoms with Gasteiger partial charge in [0.2, 0.25) is 0 Å². The minimum absolute atomic E-state index is 0.0773. The van der Waals surface area contributed by atoms with Crippen LogP contribution in [-0.2, 0) is 4.74 Å². The van der Waals surface area contributed by atoms with Crippen molar-refractivity contribution in [3.63, 3.8) is 0 Å². The second-order valence-corrected chi connectivity index (χ2v) is 6.22. The number of aryl methyl sites for hydroxylation is 1. The van der Waals surface area contributed by atoms with Gasteiger partial charge in [-0.2, -0.15) is 0 Å². The van der Waals surface area contributed by atoms with Gasteiger partial charge in [0, 0.05) is 24.5 Å². The molecule has 2 N–H and O–H groups in total. The Morgan fingerprint density at radius 3 is 3.11 bits per heavy atom. The second-order valence-electron chi connectivity index (χ2n) is 4.98. The van der Waals surface area contributed by atoms with Crippen molar-refractivity contribution < 1.29 is 4.74 Å². The molecular weight excluding hydrogens is 260 g/mol. The molecule has 1 aliphatic heterocycles. The molecule has 0 aromatic carbocycles. The average molecular weight is 278 g/mol. The first kappa shape index (κ1) is 12.8. The molecule has 3 heterocycles. The summed E-state index contributed by atoms with van der Waals surface area (Å²) in [6.45, 7) is 6.35. The van der Waals surface area contributed by atoms with Crippen LogP contribution in [0.15, 0.2) is 12.4 Å². The van der Waals surface area contributed by atoms with Crippen molar-refractivity contribution in [2.24, 2.45) is 5.73 Å². The van der Waals surface area contributed by atoms with Crippen molar-refractivity contribution in [3.8, 4) is 0 Å². The van der Waals surface area contributed by atoms with Crippen LogP contribution >= 0.6 is 11.3 Å². The van der Waals surface area contributed by atoms with Gasteiger partial charge in [0.15, 0.2) is 0 Å². The first-order chi connectivity index (χ1) is 9.17. The predicted molar refractivity (Wildman–Crippen MR) is 77.8 cm³/mol. The summed E-state index contributed by atoms with van der Waals surface area (Å²) in [6, 6.07) is 2.16. The van der Waals surface area contributed by atoms with Crippen LogP contribution in [0.4, 0.5) is 5.82 Å². The molecule has 0 aliphatic carbocycles. The van der Waals surface area contributed by atoms with Crippen LogP contribution in [0.5, 0.6) is 0 Å². The van der Waals surface area contributed by atoms with E-state index in [4.69, 9.17) is 10.5 Å². The van der Waals surface area contributed by atoms with Crippen molar-refractivity contribution in [2.75, 3.05) is 24.5 Å². The molecule has 5 nitrogen and oxygen atoms in total. The average Bonchev–Trinajstić information content (AvgIpc) is 2.77. The van der Waals surface area contributed by atoms with E-state index in [0.29, 0.717) is 6.54 Å². The fourth-order valence-electron chi connectivity index (χ4n) is 2.56. The Balaban J connectivity index is 1.98. The van der Waals surface area contributed by atoms with Gasteiger partial charge in [0.05, 0.1) is 17.6 Å². The van der Waals surface area contributed by atoms with E-state index < -0.39 is 0 Å². The van der Waals surface area contributed by atoms with Gasteiger partial charge in [0.1, 0.15) is 17.0 Å². The lowest BCUT2D eigenvalue weighted by molar-refractivity contribution is -0.0106. The number of ether oxygens (including phenoxy) is 1. The number of aromatic nitrogens is 2. The summed E-state index contributed by atoms with van der Waals surface area (Å²) in [7, 11) is 0. The highest BCUT2D eigenvalue weighted by molar-refractivity contribution is 7.18. The summed E-state index contributed by atoms with van der Waals surface area (Å²) in [4.78, 5) is 13.4. The number of rotatable bonds is 2. The number of hydrogen-bond acceptors (Lipinski definition) is 6. The zero-order valence-corrected chi connectivity index (χ0v) is 12.0. The number of morpholine rings is 1. The maximum atomic E-state index is 5.80. The second kappa shape index (κ2) is 5.03. The molecule has 1 fully saturated rings. The molecule has 1 saturated heterocycles. The molecule has 19 heavy (non-hydrogen) atoms. The van der Waals surface area contributed by atoms with E-state index in [9.17, 15) is 0 Å². The van der Waals surface area contributed by atoms with Gasteiger partial charge in [-0.15, -0.1) is 11.3 Å². The van der Waals surface area contributed by atoms with Gasteiger partial charge < -0.3 is 15.4 Å². The lowest BCUT2D eigenvalue weighted by Crippen LogP contribution is -2.49. The standard InChI is InChI=1S/C13H18N4OS/c1-8-5-17(6-10(4-14)18-8)12-11-3-9(2)19-13(11)16-7-15-12/h3,7-8,10H,4-6,14H2,1-2H3. The maximum absolute atomic E-state index is 5.80.